The zero-order chi connectivity index (χ0) is 26.1. The van der Waals surface area contributed by atoms with E-state index in [1.54, 1.807) is 35.0 Å². The first kappa shape index (κ1) is 28.0. The number of nitrogens with one attached hydrogen (secondary N) is 2. The molecule has 2 aromatic carbocycles. The summed E-state index contributed by atoms with van der Waals surface area (Å²) in [6.07, 6.45) is 5.47. The molecule has 36 heavy (non-hydrogen) atoms. The Hall–Kier alpha value is -2.54. The maximum atomic E-state index is 13.1. The minimum Gasteiger partial charge on any atom is -0.356 e. The molecule has 2 N–H and O–H groups in total. The minimum atomic E-state index is -0.228. The predicted molar refractivity (Wildman–Crippen MR) is 147 cm³/mol. The maximum absolute atomic E-state index is 13.1. The smallest absolute Gasteiger partial charge is 0.272 e. The molecule has 0 bridgehead atoms. The Morgan fingerprint density at radius 3 is 2.11 bits per heavy atom. The van der Waals surface area contributed by atoms with Gasteiger partial charge in [0.05, 0.1) is 16.4 Å². The van der Waals surface area contributed by atoms with Gasteiger partial charge in [-0.15, -0.1) is 0 Å². The number of halogens is 3. The summed E-state index contributed by atoms with van der Waals surface area (Å²) >= 11 is 18.7. The van der Waals surface area contributed by atoms with Crippen molar-refractivity contribution in [1.82, 2.24) is 20.4 Å². The number of carbonyl (C=O) groups excluding carboxylic acids is 2. The van der Waals surface area contributed by atoms with Crippen molar-refractivity contribution in [1.29, 1.82) is 0 Å². The van der Waals surface area contributed by atoms with Crippen molar-refractivity contribution >= 4 is 46.6 Å². The van der Waals surface area contributed by atoms with Crippen LogP contribution < -0.4 is 10.6 Å². The van der Waals surface area contributed by atoms with E-state index in [4.69, 9.17) is 34.8 Å². The standard InChI is InChI=1S/C27H31Cl3N4O2/c1-3-24(35)31-15-7-5-4-6-8-16-32-27(36)25-18(2)26(19-9-11-20(28)12-10-19)34(33-25)23-14-13-21(29)17-22(23)30/h9-14,17H,3-8,15-16H2,1-2H3,(H,31,35)(H,32,36). The van der Waals surface area contributed by atoms with Gasteiger partial charge in [0.1, 0.15) is 0 Å². The Labute approximate surface area is 227 Å². The Balaban J connectivity index is 1.66. The molecule has 2 amide bonds. The van der Waals surface area contributed by atoms with E-state index >= 15 is 0 Å². The molecule has 0 atom stereocenters. The van der Waals surface area contributed by atoms with Crippen LogP contribution in [0.25, 0.3) is 16.9 Å². The largest absolute Gasteiger partial charge is 0.356 e. The summed E-state index contributed by atoms with van der Waals surface area (Å²) < 4.78 is 1.68. The number of rotatable bonds is 12. The van der Waals surface area contributed by atoms with Gasteiger partial charge in [-0.3, -0.25) is 9.59 Å². The van der Waals surface area contributed by atoms with Crippen molar-refractivity contribution in [2.45, 2.75) is 52.4 Å². The zero-order valence-electron chi connectivity index (χ0n) is 20.5. The van der Waals surface area contributed by atoms with Gasteiger partial charge in [-0.05, 0) is 50.1 Å². The second kappa shape index (κ2) is 13.7. The molecule has 0 saturated carbocycles. The average molecular weight is 550 g/mol. The molecule has 0 aliphatic heterocycles. The van der Waals surface area contributed by atoms with Crippen LogP contribution in [-0.2, 0) is 4.79 Å². The van der Waals surface area contributed by atoms with E-state index < -0.39 is 0 Å². The summed E-state index contributed by atoms with van der Waals surface area (Å²) in [5, 5.41) is 12.1. The number of hydrogen-bond donors (Lipinski definition) is 2. The van der Waals surface area contributed by atoms with Gasteiger partial charge in [0.25, 0.3) is 5.91 Å². The van der Waals surface area contributed by atoms with Crippen LogP contribution in [0.2, 0.25) is 15.1 Å². The normalized spacial score (nSPS) is 10.9. The predicted octanol–water partition coefficient (Wildman–Crippen LogP) is 7.01. The van der Waals surface area contributed by atoms with E-state index in [9.17, 15) is 9.59 Å². The Bertz CT molecular complexity index is 1190. The summed E-state index contributed by atoms with van der Waals surface area (Å²) in [5.74, 6) is -0.137. The second-order valence-electron chi connectivity index (χ2n) is 8.56. The van der Waals surface area contributed by atoms with Gasteiger partial charge < -0.3 is 10.6 Å². The molecule has 0 radical (unpaired) electrons. The lowest BCUT2D eigenvalue weighted by atomic mass is 10.1. The van der Waals surface area contributed by atoms with Crippen LogP contribution in [0.4, 0.5) is 0 Å². The quantitative estimate of drug-likeness (QED) is 0.238. The molecule has 3 rings (SSSR count). The van der Waals surface area contributed by atoms with Crippen LogP contribution in [0.3, 0.4) is 0 Å². The SMILES string of the molecule is CCC(=O)NCCCCCCCNC(=O)c1nn(-c2ccc(Cl)cc2Cl)c(-c2ccc(Cl)cc2)c1C. The minimum absolute atomic E-state index is 0.0907. The molecular formula is C27H31Cl3N4O2. The van der Waals surface area contributed by atoms with Gasteiger partial charge in [0.15, 0.2) is 5.69 Å². The number of unbranched alkanes of at least 4 members (excludes halogenated alkanes) is 4. The van der Waals surface area contributed by atoms with E-state index in [2.05, 4.69) is 15.7 Å². The third kappa shape index (κ3) is 7.48. The van der Waals surface area contributed by atoms with E-state index in [0.29, 0.717) is 39.4 Å². The molecule has 0 spiro atoms. The van der Waals surface area contributed by atoms with E-state index in [-0.39, 0.29) is 11.8 Å². The van der Waals surface area contributed by atoms with Gasteiger partial charge >= 0.3 is 0 Å². The molecule has 0 saturated heterocycles. The topological polar surface area (TPSA) is 76.0 Å². The van der Waals surface area contributed by atoms with Crippen molar-refractivity contribution < 1.29 is 9.59 Å². The van der Waals surface area contributed by atoms with Crippen molar-refractivity contribution in [3.8, 4) is 16.9 Å². The summed E-state index contributed by atoms with van der Waals surface area (Å²) in [4.78, 5) is 24.3. The monoisotopic (exact) mass is 548 g/mol. The van der Waals surface area contributed by atoms with Gasteiger partial charge in [-0.2, -0.15) is 5.10 Å². The molecule has 192 valence electrons. The fraction of sp³-hybridized carbons (Fsp3) is 0.370. The van der Waals surface area contributed by atoms with Crippen LogP contribution in [0.5, 0.6) is 0 Å². The van der Waals surface area contributed by atoms with Crippen LogP contribution in [0.15, 0.2) is 42.5 Å². The van der Waals surface area contributed by atoms with Crippen LogP contribution >= 0.6 is 34.8 Å². The number of aromatic nitrogens is 2. The van der Waals surface area contributed by atoms with Gasteiger partial charge in [-0.25, -0.2) is 4.68 Å². The van der Waals surface area contributed by atoms with Gasteiger partial charge in [0, 0.05) is 40.7 Å². The first-order valence-electron chi connectivity index (χ1n) is 12.2. The Kier molecular flexibility index (Phi) is 10.7. The summed E-state index contributed by atoms with van der Waals surface area (Å²) in [5.41, 5.74) is 3.34. The van der Waals surface area contributed by atoms with Crippen LogP contribution in [0.1, 0.15) is 61.5 Å². The number of benzene rings is 2. The summed E-state index contributed by atoms with van der Waals surface area (Å²) in [6.45, 7) is 5.01. The second-order valence-corrected chi connectivity index (χ2v) is 9.84. The van der Waals surface area contributed by atoms with Crippen molar-refractivity contribution in [3.05, 3.63) is 68.8 Å². The van der Waals surface area contributed by atoms with E-state index in [0.717, 1.165) is 55.5 Å². The van der Waals surface area contributed by atoms with Gasteiger partial charge in [-0.1, -0.05) is 73.1 Å². The third-order valence-corrected chi connectivity index (χ3v) is 6.67. The van der Waals surface area contributed by atoms with Crippen molar-refractivity contribution in [2.75, 3.05) is 13.1 Å². The lowest BCUT2D eigenvalue weighted by Crippen LogP contribution is -2.25. The highest BCUT2D eigenvalue weighted by Crippen LogP contribution is 2.33. The first-order chi connectivity index (χ1) is 17.3. The highest BCUT2D eigenvalue weighted by molar-refractivity contribution is 6.35. The molecule has 1 aromatic heterocycles. The molecule has 1 heterocycles. The number of amides is 2. The highest BCUT2D eigenvalue weighted by Gasteiger charge is 2.23. The lowest BCUT2D eigenvalue weighted by molar-refractivity contribution is -0.120. The fourth-order valence-electron chi connectivity index (χ4n) is 3.90. The Morgan fingerprint density at radius 1 is 0.861 bits per heavy atom. The number of nitrogens with zero attached hydrogens (tertiary/aromatic N) is 2. The fourth-order valence-corrected chi connectivity index (χ4v) is 4.52. The highest BCUT2D eigenvalue weighted by atomic mass is 35.5. The molecule has 0 aliphatic rings. The molecule has 6 nitrogen and oxygen atoms in total. The van der Waals surface area contributed by atoms with E-state index in [1.807, 2.05) is 26.0 Å². The molecule has 0 aliphatic carbocycles. The molecule has 0 fully saturated rings. The average Bonchev–Trinajstić information content (AvgIpc) is 3.19. The zero-order valence-corrected chi connectivity index (χ0v) is 22.8. The lowest BCUT2D eigenvalue weighted by Gasteiger charge is -2.11. The van der Waals surface area contributed by atoms with Crippen molar-refractivity contribution in [2.24, 2.45) is 0 Å². The molecular weight excluding hydrogens is 519 g/mol. The molecule has 3 aromatic rings. The number of carbonyl (C=O) groups is 2. The Morgan fingerprint density at radius 2 is 1.47 bits per heavy atom. The number of hydrogen-bond acceptors (Lipinski definition) is 3. The third-order valence-electron chi connectivity index (χ3n) is 5.88. The van der Waals surface area contributed by atoms with E-state index in [1.165, 1.54) is 0 Å². The maximum Gasteiger partial charge on any atom is 0.272 e. The summed E-state index contributed by atoms with van der Waals surface area (Å²) in [6, 6.07) is 12.6. The van der Waals surface area contributed by atoms with Gasteiger partial charge in [0.2, 0.25) is 5.91 Å². The van der Waals surface area contributed by atoms with Crippen molar-refractivity contribution in [3.63, 3.8) is 0 Å². The van der Waals surface area contributed by atoms with Crippen LogP contribution in [-0.4, -0.2) is 34.7 Å². The molecule has 0 unspecified atom stereocenters. The van der Waals surface area contributed by atoms with Crippen LogP contribution in [0, 0.1) is 6.92 Å². The summed E-state index contributed by atoms with van der Waals surface area (Å²) in [7, 11) is 0. The first-order valence-corrected chi connectivity index (χ1v) is 13.3. The molecule has 9 heteroatoms.